The lowest BCUT2D eigenvalue weighted by molar-refractivity contribution is -0.130. The number of carbonyl (C=O) groups is 2. The summed E-state index contributed by atoms with van der Waals surface area (Å²) in [6.07, 6.45) is 1.14. The minimum absolute atomic E-state index is 0. The summed E-state index contributed by atoms with van der Waals surface area (Å²) in [4.78, 5) is 30.0. The Morgan fingerprint density at radius 2 is 1.65 bits per heavy atom. The number of amides is 2. The highest BCUT2D eigenvalue weighted by atomic mass is 127. The van der Waals surface area contributed by atoms with Gasteiger partial charge in [-0.3, -0.25) is 14.6 Å². The predicted molar refractivity (Wildman–Crippen MR) is 136 cm³/mol. The Kier molecular flexibility index (Phi) is 12.3. The SMILES string of the molecule is CN=C(NCCC(=O)N(C)Cc1ccccc1)NCCc1cccc(C(=O)NC)c1.I. The summed E-state index contributed by atoms with van der Waals surface area (Å²) in [7, 11) is 5.14. The third-order valence-corrected chi connectivity index (χ3v) is 4.67. The van der Waals surface area contributed by atoms with E-state index in [-0.39, 0.29) is 35.8 Å². The van der Waals surface area contributed by atoms with Crippen LogP contribution in [-0.4, -0.2) is 56.9 Å². The molecule has 0 spiro atoms. The molecule has 31 heavy (non-hydrogen) atoms. The van der Waals surface area contributed by atoms with E-state index >= 15 is 0 Å². The molecular formula is C23H32IN5O2. The fourth-order valence-electron chi connectivity index (χ4n) is 2.98. The van der Waals surface area contributed by atoms with Gasteiger partial charge in [-0.1, -0.05) is 42.5 Å². The van der Waals surface area contributed by atoms with E-state index in [1.54, 1.807) is 25.1 Å². The Hall–Kier alpha value is -2.62. The fourth-order valence-corrected chi connectivity index (χ4v) is 2.98. The third kappa shape index (κ3) is 9.37. The van der Waals surface area contributed by atoms with Gasteiger partial charge in [0, 0.05) is 52.8 Å². The van der Waals surface area contributed by atoms with Crippen molar-refractivity contribution in [2.45, 2.75) is 19.4 Å². The second-order valence-electron chi connectivity index (χ2n) is 6.94. The van der Waals surface area contributed by atoms with Gasteiger partial charge >= 0.3 is 0 Å². The zero-order chi connectivity index (χ0) is 21.8. The monoisotopic (exact) mass is 537 g/mol. The van der Waals surface area contributed by atoms with E-state index in [9.17, 15) is 9.59 Å². The van der Waals surface area contributed by atoms with Gasteiger partial charge in [0.15, 0.2) is 5.96 Å². The van der Waals surface area contributed by atoms with E-state index in [0.29, 0.717) is 37.6 Å². The van der Waals surface area contributed by atoms with Gasteiger partial charge in [-0.15, -0.1) is 24.0 Å². The molecule has 2 amide bonds. The number of guanidine groups is 1. The third-order valence-electron chi connectivity index (χ3n) is 4.67. The molecule has 0 saturated carbocycles. The minimum atomic E-state index is -0.0933. The number of carbonyl (C=O) groups excluding carboxylic acids is 2. The lowest BCUT2D eigenvalue weighted by Crippen LogP contribution is -2.40. The molecule has 0 aliphatic carbocycles. The van der Waals surface area contributed by atoms with Crippen LogP contribution in [0.4, 0.5) is 0 Å². The lowest BCUT2D eigenvalue weighted by atomic mass is 10.1. The van der Waals surface area contributed by atoms with Crippen molar-refractivity contribution in [1.29, 1.82) is 0 Å². The number of nitrogens with one attached hydrogen (secondary N) is 3. The highest BCUT2D eigenvalue weighted by Crippen LogP contribution is 2.06. The van der Waals surface area contributed by atoms with E-state index in [0.717, 1.165) is 17.5 Å². The topological polar surface area (TPSA) is 85.8 Å². The first-order valence-electron chi connectivity index (χ1n) is 10.1. The van der Waals surface area contributed by atoms with E-state index < -0.39 is 0 Å². The molecule has 0 heterocycles. The van der Waals surface area contributed by atoms with E-state index in [1.807, 2.05) is 55.6 Å². The van der Waals surface area contributed by atoms with Crippen molar-refractivity contribution in [3.63, 3.8) is 0 Å². The molecule has 0 unspecified atom stereocenters. The van der Waals surface area contributed by atoms with Gasteiger partial charge in [0.1, 0.15) is 0 Å². The second kappa shape index (κ2) is 14.4. The van der Waals surface area contributed by atoms with Crippen LogP contribution >= 0.6 is 24.0 Å². The van der Waals surface area contributed by atoms with Crippen LogP contribution in [-0.2, 0) is 17.8 Å². The zero-order valence-electron chi connectivity index (χ0n) is 18.4. The highest BCUT2D eigenvalue weighted by molar-refractivity contribution is 14.0. The lowest BCUT2D eigenvalue weighted by Gasteiger charge is -2.18. The average Bonchev–Trinajstić information content (AvgIpc) is 2.78. The maximum Gasteiger partial charge on any atom is 0.251 e. The van der Waals surface area contributed by atoms with Gasteiger partial charge in [0.2, 0.25) is 5.91 Å². The van der Waals surface area contributed by atoms with Crippen molar-refractivity contribution < 1.29 is 9.59 Å². The molecule has 0 aromatic heterocycles. The molecule has 0 saturated heterocycles. The van der Waals surface area contributed by atoms with Gasteiger partial charge in [-0.05, 0) is 29.7 Å². The van der Waals surface area contributed by atoms with Crippen LogP contribution in [0.15, 0.2) is 59.6 Å². The van der Waals surface area contributed by atoms with Crippen LogP contribution in [0.3, 0.4) is 0 Å². The highest BCUT2D eigenvalue weighted by Gasteiger charge is 2.09. The largest absolute Gasteiger partial charge is 0.356 e. The quantitative estimate of drug-likeness (QED) is 0.261. The summed E-state index contributed by atoms with van der Waals surface area (Å²) in [5.74, 6) is 0.632. The molecule has 3 N–H and O–H groups in total. The first kappa shape index (κ1) is 26.4. The van der Waals surface area contributed by atoms with E-state index in [2.05, 4.69) is 20.9 Å². The summed E-state index contributed by atoms with van der Waals surface area (Å²) in [5.41, 5.74) is 2.83. The van der Waals surface area contributed by atoms with Gasteiger partial charge in [0.05, 0.1) is 0 Å². The minimum Gasteiger partial charge on any atom is -0.356 e. The standard InChI is InChI=1S/C23H31N5O2.HI/c1-24-22(30)20-11-7-10-18(16-20)12-14-26-23(25-2)27-15-13-21(29)28(3)17-19-8-5-4-6-9-19;/h4-11,16H,12-15,17H2,1-3H3,(H,24,30)(H2,25,26,27);1H. The average molecular weight is 537 g/mol. The van der Waals surface area contributed by atoms with Crippen molar-refractivity contribution in [2.24, 2.45) is 4.99 Å². The van der Waals surface area contributed by atoms with Crippen molar-refractivity contribution in [3.8, 4) is 0 Å². The summed E-state index contributed by atoms with van der Waals surface area (Å²) in [6, 6.07) is 17.5. The van der Waals surface area contributed by atoms with Crippen molar-refractivity contribution in [2.75, 3.05) is 34.2 Å². The van der Waals surface area contributed by atoms with E-state index in [4.69, 9.17) is 0 Å². The molecule has 0 aliphatic rings. The number of rotatable bonds is 9. The van der Waals surface area contributed by atoms with Crippen LogP contribution in [0.1, 0.15) is 27.9 Å². The molecule has 0 radical (unpaired) electrons. The summed E-state index contributed by atoms with van der Waals surface area (Å²) < 4.78 is 0. The summed E-state index contributed by atoms with van der Waals surface area (Å²) >= 11 is 0. The Morgan fingerprint density at radius 1 is 0.968 bits per heavy atom. The van der Waals surface area contributed by atoms with Crippen molar-refractivity contribution in [1.82, 2.24) is 20.9 Å². The molecule has 2 aromatic carbocycles. The molecule has 0 fully saturated rings. The number of benzene rings is 2. The number of hydrogen-bond donors (Lipinski definition) is 3. The predicted octanol–water partition coefficient (Wildman–Crippen LogP) is 2.42. The zero-order valence-corrected chi connectivity index (χ0v) is 20.7. The summed E-state index contributed by atoms with van der Waals surface area (Å²) in [6.45, 7) is 1.77. The van der Waals surface area contributed by atoms with Gasteiger partial charge in [-0.25, -0.2) is 0 Å². The van der Waals surface area contributed by atoms with Gasteiger partial charge < -0.3 is 20.9 Å². The Labute approximate surface area is 201 Å². The van der Waals surface area contributed by atoms with Crippen LogP contribution in [0.2, 0.25) is 0 Å². The molecule has 2 aromatic rings. The number of hydrogen-bond acceptors (Lipinski definition) is 3. The van der Waals surface area contributed by atoms with Crippen molar-refractivity contribution >= 4 is 41.8 Å². The molecule has 168 valence electrons. The first-order valence-corrected chi connectivity index (χ1v) is 10.1. The maximum absolute atomic E-state index is 12.3. The van der Waals surface area contributed by atoms with Crippen LogP contribution in [0, 0.1) is 0 Å². The Balaban J connectivity index is 0.00000480. The van der Waals surface area contributed by atoms with Crippen LogP contribution in [0.5, 0.6) is 0 Å². The second-order valence-corrected chi connectivity index (χ2v) is 6.94. The van der Waals surface area contributed by atoms with Crippen LogP contribution < -0.4 is 16.0 Å². The Morgan fingerprint density at radius 3 is 2.32 bits per heavy atom. The first-order chi connectivity index (χ1) is 14.5. The fraction of sp³-hybridized carbons (Fsp3) is 0.348. The molecule has 0 atom stereocenters. The smallest absolute Gasteiger partial charge is 0.251 e. The molecule has 7 nitrogen and oxygen atoms in total. The Bertz CT molecular complexity index is 858. The number of nitrogens with zero attached hydrogens (tertiary/aromatic N) is 2. The maximum atomic E-state index is 12.3. The molecule has 2 rings (SSSR count). The number of aliphatic imine (C=N–C) groups is 1. The van der Waals surface area contributed by atoms with Crippen LogP contribution in [0.25, 0.3) is 0 Å². The molecule has 0 aliphatic heterocycles. The normalized spacial score (nSPS) is 10.6. The van der Waals surface area contributed by atoms with E-state index in [1.165, 1.54) is 0 Å². The summed E-state index contributed by atoms with van der Waals surface area (Å²) in [5, 5.41) is 9.04. The number of halogens is 1. The molecule has 0 bridgehead atoms. The van der Waals surface area contributed by atoms with Gasteiger partial charge in [-0.2, -0.15) is 0 Å². The molecular weight excluding hydrogens is 505 g/mol. The molecule has 8 heteroatoms. The van der Waals surface area contributed by atoms with Crippen molar-refractivity contribution in [3.05, 3.63) is 71.3 Å². The van der Waals surface area contributed by atoms with Gasteiger partial charge in [0.25, 0.3) is 5.91 Å².